The number of pyridine rings is 1. The highest BCUT2D eigenvalue weighted by Crippen LogP contribution is 2.24. The smallest absolute Gasteiger partial charge is 0.339 e. The number of aromatic nitrogens is 1. The van der Waals surface area contributed by atoms with Crippen molar-refractivity contribution >= 4 is 11.9 Å². The van der Waals surface area contributed by atoms with E-state index in [0.29, 0.717) is 0 Å². The summed E-state index contributed by atoms with van der Waals surface area (Å²) in [7, 11) is 2.90. The molecule has 3 aromatic rings. The van der Waals surface area contributed by atoms with E-state index in [-0.39, 0.29) is 23.2 Å². The van der Waals surface area contributed by atoms with E-state index in [9.17, 15) is 9.59 Å². The van der Waals surface area contributed by atoms with Gasteiger partial charge in [-0.05, 0) is 35.4 Å². The number of methoxy groups -OCH3 is 2. The first kappa shape index (κ1) is 19.1. The fourth-order valence-electron chi connectivity index (χ4n) is 2.77. The van der Waals surface area contributed by atoms with Crippen molar-refractivity contribution in [1.29, 1.82) is 0 Å². The minimum atomic E-state index is -0.500. The lowest BCUT2D eigenvalue weighted by atomic mass is 9.98. The number of carbonyl (C=O) groups is 2. The van der Waals surface area contributed by atoms with Crippen molar-refractivity contribution in [3.8, 4) is 5.75 Å². The van der Waals surface area contributed by atoms with E-state index in [1.165, 1.54) is 25.4 Å². The highest BCUT2D eigenvalue weighted by atomic mass is 16.5. The lowest BCUT2D eigenvalue weighted by Gasteiger charge is -2.20. The molecule has 0 aliphatic carbocycles. The Hall–Kier alpha value is -3.67. The van der Waals surface area contributed by atoms with Gasteiger partial charge in [-0.2, -0.15) is 0 Å². The Morgan fingerprint density at radius 2 is 1.57 bits per heavy atom. The van der Waals surface area contributed by atoms with Crippen LogP contribution in [0.25, 0.3) is 0 Å². The maximum atomic E-state index is 12.8. The van der Waals surface area contributed by atoms with Crippen LogP contribution >= 0.6 is 0 Å². The summed E-state index contributed by atoms with van der Waals surface area (Å²) in [5.74, 6) is -0.108. The summed E-state index contributed by atoms with van der Waals surface area (Å²) in [6.07, 6.45) is 1.33. The van der Waals surface area contributed by atoms with Crippen molar-refractivity contribution in [3.63, 3.8) is 0 Å². The van der Waals surface area contributed by atoms with E-state index in [2.05, 4.69) is 15.0 Å². The van der Waals surface area contributed by atoms with E-state index in [0.717, 1.165) is 16.9 Å². The van der Waals surface area contributed by atoms with Gasteiger partial charge in [0.05, 0.1) is 25.8 Å². The van der Waals surface area contributed by atoms with E-state index in [1.54, 1.807) is 7.11 Å². The quantitative estimate of drug-likeness (QED) is 0.667. The van der Waals surface area contributed by atoms with Gasteiger partial charge in [-0.25, -0.2) is 4.79 Å². The van der Waals surface area contributed by atoms with E-state index in [4.69, 9.17) is 4.74 Å². The van der Waals surface area contributed by atoms with Crippen LogP contribution in [0.5, 0.6) is 5.75 Å². The van der Waals surface area contributed by atoms with Gasteiger partial charge in [-0.1, -0.05) is 42.5 Å². The molecule has 0 aliphatic rings. The fraction of sp³-hybridized carbons (Fsp3) is 0.136. The highest BCUT2D eigenvalue weighted by molar-refractivity contribution is 5.94. The number of rotatable bonds is 6. The molecule has 0 fully saturated rings. The molecule has 28 heavy (non-hydrogen) atoms. The number of amides is 1. The first-order valence-corrected chi connectivity index (χ1v) is 8.66. The van der Waals surface area contributed by atoms with Gasteiger partial charge in [0, 0.05) is 6.20 Å². The average Bonchev–Trinajstić information content (AvgIpc) is 2.77. The Balaban J connectivity index is 1.86. The number of benzene rings is 2. The maximum Gasteiger partial charge on any atom is 0.339 e. The van der Waals surface area contributed by atoms with Crippen molar-refractivity contribution in [2.45, 2.75) is 6.04 Å². The van der Waals surface area contributed by atoms with E-state index >= 15 is 0 Å². The van der Waals surface area contributed by atoms with Crippen LogP contribution in [0.15, 0.2) is 72.9 Å². The Morgan fingerprint density at radius 3 is 2.14 bits per heavy atom. The predicted molar refractivity (Wildman–Crippen MR) is 104 cm³/mol. The van der Waals surface area contributed by atoms with Crippen molar-refractivity contribution in [2.24, 2.45) is 0 Å². The zero-order chi connectivity index (χ0) is 19.9. The van der Waals surface area contributed by atoms with Crippen LogP contribution in [-0.4, -0.2) is 31.1 Å². The number of esters is 1. The average molecular weight is 376 g/mol. The Bertz CT molecular complexity index is 939. The van der Waals surface area contributed by atoms with Gasteiger partial charge in [0.25, 0.3) is 5.91 Å². The number of carbonyl (C=O) groups excluding carboxylic acids is 2. The van der Waals surface area contributed by atoms with Gasteiger partial charge in [0.2, 0.25) is 0 Å². The monoisotopic (exact) mass is 376 g/mol. The molecule has 1 N–H and O–H groups in total. The number of hydrogen-bond acceptors (Lipinski definition) is 5. The van der Waals surface area contributed by atoms with E-state index in [1.807, 2.05) is 54.6 Å². The molecule has 0 radical (unpaired) electrons. The Labute approximate surface area is 163 Å². The first-order chi connectivity index (χ1) is 13.6. The van der Waals surface area contributed by atoms with E-state index < -0.39 is 5.97 Å². The summed E-state index contributed by atoms with van der Waals surface area (Å²) >= 11 is 0. The third kappa shape index (κ3) is 4.35. The first-order valence-electron chi connectivity index (χ1n) is 8.66. The Kier molecular flexibility index (Phi) is 6.01. The van der Waals surface area contributed by atoms with Crippen LogP contribution in [0.2, 0.25) is 0 Å². The number of nitrogens with zero attached hydrogens (tertiary/aromatic N) is 1. The fourth-order valence-corrected chi connectivity index (χ4v) is 2.77. The zero-order valence-corrected chi connectivity index (χ0v) is 15.6. The molecule has 1 amide bonds. The molecule has 2 aromatic carbocycles. The lowest BCUT2D eigenvalue weighted by Crippen LogP contribution is -2.30. The molecule has 6 heteroatoms. The van der Waals surface area contributed by atoms with Crippen molar-refractivity contribution < 1.29 is 19.1 Å². The predicted octanol–water partition coefficient (Wildman–Crippen LogP) is 3.40. The molecule has 0 spiro atoms. The van der Waals surface area contributed by atoms with Crippen molar-refractivity contribution in [3.05, 3.63) is 95.3 Å². The maximum absolute atomic E-state index is 12.8. The third-order valence-corrected chi connectivity index (χ3v) is 4.27. The summed E-state index contributed by atoms with van der Waals surface area (Å²) in [5, 5.41) is 3.01. The van der Waals surface area contributed by atoms with Crippen LogP contribution in [-0.2, 0) is 4.74 Å². The van der Waals surface area contributed by atoms with Gasteiger partial charge >= 0.3 is 5.97 Å². The second kappa shape index (κ2) is 8.81. The third-order valence-electron chi connectivity index (χ3n) is 4.27. The molecule has 1 unspecified atom stereocenters. The minimum absolute atomic E-state index is 0.210. The molecular weight excluding hydrogens is 356 g/mol. The molecule has 1 atom stereocenters. The SMILES string of the molecule is COC(=O)c1ccc(C(=O)NC(c2ccccc2)c2ccc(OC)cc2)nc1. The molecule has 0 aliphatic heterocycles. The van der Waals surface area contributed by atoms with Gasteiger partial charge in [0.15, 0.2) is 0 Å². The summed E-state index contributed by atoms with van der Waals surface area (Å²) in [6, 6.07) is 19.8. The second-order valence-corrected chi connectivity index (χ2v) is 6.01. The van der Waals surface area contributed by atoms with Gasteiger partial charge in [-0.15, -0.1) is 0 Å². The molecular formula is C22H20N2O4. The molecule has 0 saturated carbocycles. The summed E-state index contributed by atoms with van der Waals surface area (Å²) in [4.78, 5) is 28.4. The molecule has 6 nitrogen and oxygen atoms in total. The molecule has 1 heterocycles. The van der Waals surface area contributed by atoms with Crippen LogP contribution in [0, 0.1) is 0 Å². The standard InChI is InChI=1S/C22H20N2O4/c1-27-18-11-8-16(9-12-18)20(15-6-4-3-5-7-15)24-21(25)19-13-10-17(14-23-19)22(26)28-2/h3-14,20H,1-2H3,(H,24,25). The number of nitrogens with one attached hydrogen (secondary N) is 1. The zero-order valence-electron chi connectivity index (χ0n) is 15.6. The molecule has 0 saturated heterocycles. The van der Waals surface area contributed by atoms with Gasteiger partial charge in [-0.3, -0.25) is 9.78 Å². The van der Waals surface area contributed by atoms with Crippen LogP contribution in [0.1, 0.15) is 38.0 Å². The van der Waals surface area contributed by atoms with Crippen LogP contribution in [0.4, 0.5) is 0 Å². The molecule has 0 bridgehead atoms. The lowest BCUT2D eigenvalue weighted by molar-refractivity contribution is 0.0599. The molecule has 142 valence electrons. The normalized spacial score (nSPS) is 11.4. The van der Waals surface area contributed by atoms with Crippen molar-refractivity contribution in [1.82, 2.24) is 10.3 Å². The molecule has 1 aromatic heterocycles. The Morgan fingerprint density at radius 1 is 0.893 bits per heavy atom. The summed E-state index contributed by atoms with van der Waals surface area (Å²) < 4.78 is 9.86. The number of ether oxygens (including phenoxy) is 2. The summed E-state index contributed by atoms with van der Waals surface area (Å²) in [5.41, 5.74) is 2.34. The second-order valence-electron chi connectivity index (χ2n) is 6.01. The minimum Gasteiger partial charge on any atom is -0.497 e. The van der Waals surface area contributed by atoms with Crippen LogP contribution in [0.3, 0.4) is 0 Å². The molecule has 3 rings (SSSR count). The number of hydrogen-bond donors (Lipinski definition) is 1. The van der Waals surface area contributed by atoms with Gasteiger partial charge in [0.1, 0.15) is 11.4 Å². The van der Waals surface area contributed by atoms with Crippen LogP contribution < -0.4 is 10.1 Å². The highest BCUT2D eigenvalue weighted by Gasteiger charge is 2.19. The van der Waals surface area contributed by atoms with Gasteiger partial charge < -0.3 is 14.8 Å². The summed E-state index contributed by atoms with van der Waals surface area (Å²) in [6.45, 7) is 0. The topological polar surface area (TPSA) is 77.5 Å². The van der Waals surface area contributed by atoms with Crippen molar-refractivity contribution in [2.75, 3.05) is 14.2 Å². The largest absolute Gasteiger partial charge is 0.497 e.